The van der Waals surface area contributed by atoms with Crippen molar-refractivity contribution in [1.29, 1.82) is 0 Å². The van der Waals surface area contributed by atoms with Crippen molar-refractivity contribution in [2.24, 2.45) is 0 Å². The average molecular weight is 241 g/mol. The third-order valence-corrected chi connectivity index (χ3v) is 2.54. The molecule has 2 nitrogen and oxygen atoms in total. The van der Waals surface area contributed by atoms with E-state index in [1.165, 1.54) is 5.56 Å². The monoisotopic (exact) mass is 240 g/mol. The molecule has 0 amide bonds. The zero-order chi connectivity index (χ0) is 11.8. The van der Waals surface area contributed by atoms with E-state index in [4.69, 9.17) is 11.6 Å². The Morgan fingerprint density at radius 2 is 2.06 bits per heavy atom. The number of hydrogen-bond acceptors (Lipinski definition) is 2. The fourth-order valence-electron chi connectivity index (χ4n) is 1.48. The molecule has 0 unspecified atom stereocenters. The second-order valence-electron chi connectivity index (χ2n) is 4.27. The minimum absolute atomic E-state index is 0.577. The van der Waals surface area contributed by atoms with Crippen LogP contribution in [0.15, 0.2) is 24.3 Å². The highest BCUT2D eigenvalue weighted by Crippen LogP contribution is 2.09. The molecule has 0 radical (unpaired) electrons. The third-order valence-electron chi connectivity index (χ3n) is 2.30. The zero-order valence-corrected chi connectivity index (χ0v) is 10.8. The van der Waals surface area contributed by atoms with Crippen LogP contribution in [-0.2, 0) is 6.54 Å². The second kappa shape index (κ2) is 7.66. The SMILES string of the molecule is CC(C)NCCCNCc1cccc(Cl)c1. The van der Waals surface area contributed by atoms with E-state index in [2.05, 4.69) is 30.5 Å². The molecule has 0 aliphatic rings. The maximum atomic E-state index is 5.90. The lowest BCUT2D eigenvalue weighted by atomic mass is 10.2. The van der Waals surface area contributed by atoms with Gasteiger partial charge in [0.1, 0.15) is 0 Å². The van der Waals surface area contributed by atoms with E-state index in [9.17, 15) is 0 Å². The molecule has 2 N–H and O–H groups in total. The molecule has 1 rings (SSSR count). The molecular formula is C13H21ClN2. The molecule has 1 aromatic carbocycles. The lowest BCUT2D eigenvalue weighted by molar-refractivity contribution is 0.547. The fraction of sp³-hybridized carbons (Fsp3) is 0.538. The van der Waals surface area contributed by atoms with E-state index in [1.807, 2.05) is 18.2 Å². The molecular weight excluding hydrogens is 220 g/mol. The van der Waals surface area contributed by atoms with Gasteiger partial charge in [0.25, 0.3) is 0 Å². The molecule has 0 aliphatic carbocycles. The Balaban J connectivity index is 2.07. The van der Waals surface area contributed by atoms with Crippen LogP contribution in [0.3, 0.4) is 0 Å². The molecule has 0 saturated heterocycles. The van der Waals surface area contributed by atoms with E-state index >= 15 is 0 Å². The molecule has 1 aromatic rings. The molecule has 0 bridgehead atoms. The van der Waals surface area contributed by atoms with Crippen molar-refractivity contribution in [3.05, 3.63) is 34.9 Å². The summed E-state index contributed by atoms with van der Waals surface area (Å²) in [6, 6.07) is 8.55. The number of nitrogens with one attached hydrogen (secondary N) is 2. The van der Waals surface area contributed by atoms with Gasteiger partial charge in [-0.15, -0.1) is 0 Å². The Hall–Kier alpha value is -0.570. The van der Waals surface area contributed by atoms with Crippen LogP contribution in [0, 0.1) is 0 Å². The summed E-state index contributed by atoms with van der Waals surface area (Å²) in [5.41, 5.74) is 1.24. The van der Waals surface area contributed by atoms with Gasteiger partial charge in [0.15, 0.2) is 0 Å². The fourth-order valence-corrected chi connectivity index (χ4v) is 1.70. The summed E-state index contributed by atoms with van der Waals surface area (Å²) in [4.78, 5) is 0. The topological polar surface area (TPSA) is 24.1 Å². The summed E-state index contributed by atoms with van der Waals surface area (Å²) in [6.07, 6.45) is 1.15. The molecule has 0 aliphatic heterocycles. The van der Waals surface area contributed by atoms with Crippen molar-refractivity contribution < 1.29 is 0 Å². The second-order valence-corrected chi connectivity index (χ2v) is 4.71. The van der Waals surface area contributed by atoms with Gasteiger partial charge in [-0.05, 0) is 37.2 Å². The number of rotatable bonds is 7. The van der Waals surface area contributed by atoms with Crippen molar-refractivity contribution >= 4 is 11.6 Å². The van der Waals surface area contributed by atoms with Crippen molar-refractivity contribution in [1.82, 2.24) is 10.6 Å². The first-order valence-electron chi connectivity index (χ1n) is 5.87. The smallest absolute Gasteiger partial charge is 0.0409 e. The van der Waals surface area contributed by atoms with Crippen LogP contribution in [0.4, 0.5) is 0 Å². The van der Waals surface area contributed by atoms with Gasteiger partial charge < -0.3 is 10.6 Å². The van der Waals surface area contributed by atoms with Crippen LogP contribution in [0.1, 0.15) is 25.8 Å². The summed E-state index contributed by atoms with van der Waals surface area (Å²) < 4.78 is 0. The Morgan fingerprint density at radius 1 is 1.25 bits per heavy atom. The first-order chi connectivity index (χ1) is 7.68. The molecule has 16 heavy (non-hydrogen) atoms. The van der Waals surface area contributed by atoms with Crippen molar-refractivity contribution in [2.45, 2.75) is 32.9 Å². The number of halogens is 1. The quantitative estimate of drug-likeness (QED) is 0.717. The van der Waals surface area contributed by atoms with E-state index < -0.39 is 0 Å². The summed E-state index contributed by atoms with van der Waals surface area (Å²) in [6.45, 7) is 7.33. The van der Waals surface area contributed by atoms with Crippen LogP contribution in [0.25, 0.3) is 0 Å². The van der Waals surface area contributed by atoms with Gasteiger partial charge in [-0.3, -0.25) is 0 Å². The van der Waals surface area contributed by atoms with E-state index in [0.717, 1.165) is 31.1 Å². The largest absolute Gasteiger partial charge is 0.314 e. The number of benzene rings is 1. The lowest BCUT2D eigenvalue weighted by Crippen LogP contribution is -2.26. The summed E-state index contributed by atoms with van der Waals surface area (Å²) in [5, 5.41) is 7.60. The highest BCUT2D eigenvalue weighted by atomic mass is 35.5. The normalized spacial score (nSPS) is 11.0. The van der Waals surface area contributed by atoms with Crippen molar-refractivity contribution in [3.63, 3.8) is 0 Å². The van der Waals surface area contributed by atoms with Crippen LogP contribution in [0.2, 0.25) is 5.02 Å². The first kappa shape index (κ1) is 13.5. The Kier molecular flexibility index (Phi) is 6.46. The van der Waals surface area contributed by atoms with Gasteiger partial charge >= 0.3 is 0 Å². The molecule has 0 aromatic heterocycles. The Bertz CT molecular complexity index is 300. The van der Waals surface area contributed by atoms with E-state index in [0.29, 0.717) is 6.04 Å². The van der Waals surface area contributed by atoms with Crippen molar-refractivity contribution in [3.8, 4) is 0 Å². The van der Waals surface area contributed by atoms with Crippen molar-refractivity contribution in [2.75, 3.05) is 13.1 Å². The predicted molar refractivity (Wildman–Crippen MR) is 70.9 cm³/mol. The van der Waals surface area contributed by atoms with Crippen LogP contribution in [0.5, 0.6) is 0 Å². The lowest BCUT2D eigenvalue weighted by Gasteiger charge is -2.08. The maximum Gasteiger partial charge on any atom is 0.0409 e. The molecule has 90 valence electrons. The van der Waals surface area contributed by atoms with E-state index in [1.54, 1.807) is 0 Å². The Labute approximate surface area is 103 Å². The number of hydrogen-bond donors (Lipinski definition) is 2. The highest BCUT2D eigenvalue weighted by molar-refractivity contribution is 6.30. The summed E-state index contributed by atoms with van der Waals surface area (Å²) in [5.74, 6) is 0. The average Bonchev–Trinajstić information content (AvgIpc) is 2.23. The van der Waals surface area contributed by atoms with Gasteiger partial charge in [-0.25, -0.2) is 0 Å². The van der Waals surface area contributed by atoms with Gasteiger partial charge in [0, 0.05) is 17.6 Å². The predicted octanol–water partition coefficient (Wildman–Crippen LogP) is 2.82. The van der Waals surface area contributed by atoms with Gasteiger partial charge in [-0.1, -0.05) is 37.6 Å². The minimum Gasteiger partial charge on any atom is -0.314 e. The van der Waals surface area contributed by atoms with Gasteiger partial charge in [0.05, 0.1) is 0 Å². The minimum atomic E-state index is 0.577. The molecule has 0 fully saturated rings. The Morgan fingerprint density at radius 3 is 2.75 bits per heavy atom. The first-order valence-corrected chi connectivity index (χ1v) is 6.25. The standard InChI is InChI=1S/C13H21ClN2/c1-11(2)16-8-4-7-15-10-12-5-3-6-13(14)9-12/h3,5-6,9,11,15-16H,4,7-8,10H2,1-2H3. The molecule has 0 heterocycles. The third kappa shape index (κ3) is 6.11. The molecule has 3 heteroatoms. The summed E-state index contributed by atoms with van der Waals surface area (Å²) in [7, 11) is 0. The van der Waals surface area contributed by atoms with Crippen LogP contribution < -0.4 is 10.6 Å². The van der Waals surface area contributed by atoms with Gasteiger partial charge in [-0.2, -0.15) is 0 Å². The zero-order valence-electron chi connectivity index (χ0n) is 10.1. The highest BCUT2D eigenvalue weighted by Gasteiger charge is 1.94. The van der Waals surface area contributed by atoms with E-state index in [-0.39, 0.29) is 0 Å². The summed E-state index contributed by atoms with van der Waals surface area (Å²) >= 11 is 5.90. The van der Waals surface area contributed by atoms with Crippen LogP contribution >= 0.6 is 11.6 Å². The maximum absolute atomic E-state index is 5.90. The molecule has 0 saturated carbocycles. The molecule has 0 spiro atoms. The van der Waals surface area contributed by atoms with Gasteiger partial charge in [0.2, 0.25) is 0 Å². The van der Waals surface area contributed by atoms with Crippen LogP contribution in [-0.4, -0.2) is 19.1 Å². The molecule has 0 atom stereocenters.